The number of carbonyl (C=O) groups excluding carboxylic acids is 1. The number of hydrogen-bond donors (Lipinski definition) is 0. The van der Waals surface area contributed by atoms with Crippen molar-refractivity contribution in [2.24, 2.45) is 0 Å². The minimum Gasteiger partial charge on any atom is -0.468 e. The Labute approximate surface area is 121 Å². The lowest BCUT2D eigenvalue weighted by Crippen LogP contribution is -2.26. The Morgan fingerprint density at radius 3 is 2.00 bits per heavy atom. The lowest BCUT2D eigenvalue weighted by molar-refractivity contribution is -0.140. The molecule has 0 radical (unpaired) electrons. The molecule has 2 nitrogen and oxygen atoms in total. The number of unbranched alkanes of at least 4 members (excludes halogenated alkanes) is 7. The van der Waals surface area contributed by atoms with Crippen LogP contribution in [-0.2, 0) is 9.53 Å². The minimum atomic E-state index is -0.721. The molecule has 4 heteroatoms. The summed E-state index contributed by atoms with van der Waals surface area (Å²) in [4.78, 5) is 11.2. The Balaban J connectivity index is 3.40. The molecule has 0 amide bonds. The van der Waals surface area contributed by atoms with Gasteiger partial charge in [-0.05, 0) is 6.42 Å². The summed E-state index contributed by atoms with van der Waals surface area (Å²) in [6, 6.07) is 0. The van der Waals surface area contributed by atoms with Crippen LogP contribution >= 0.6 is 23.2 Å². The first-order valence-corrected chi connectivity index (χ1v) is 7.86. The zero-order valence-electron chi connectivity index (χ0n) is 11.6. The van der Waals surface area contributed by atoms with E-state index in [1.54, 1.807) is 0 Å². The highest BCUT2D eigenvalue weighted by Gasteiger charge is 2.24. The molecule has 18 heavy (non-hydrogen) atoms. The van der Waals surface area contributed by atoms with E-state index in [9.17, 15) is 4.79 Å². The van der Waals surface area contributed by atoms with Gasteiger partial charge in [0.25, 0.3) is 0 Å². The fourth-order valence-electron chi connectivity index (χ4n) is 1.88. The number of ether oxygens (including phenoxy) is 1. The Bertz CT molecular complexity index is 210. The topological polar surface area (TPSA) is 26.3 Å². The van der Waals surface area contributed by atoms with Crippen LogP contribution in [0.25, 0.3) is 0 Å². The van der Waals surface area contributed by atoms with Gasteiger partial charge in [-0.25, -0.2) is 0 Å². The molecule has 0 spiro atoms. The molecule has 2 atom stereocenters. The van der Waals surface area contributed by atoms with Gasteiger partial charge in [-0.3, -0.25) is 4.79 Å². The van der Waals surface area contributed by atoms with Crippen molar-refractivity contribution in [1.82, 2.24) is 0 Å². The number of halogens is 2. The number of rotatable bonds is 11. The monoisotopic (exact) mass is 296 g/mol. The molecule has 0 aliphatic heterocycles. The molecule has 0 aliphatic carbocycles. The highest BCUT2D eigenvalue weighted by molar-refractivity contribution is 6.36. The second kappa shape index (κ2) is 12.1. The van der Waals surface area contributed by atoms with Gasteiger partial charge in [0.15, 0.2) is 0 Å². The van der Waals surface area contributed by atoms with Crippen LogP contribution in [0, 0.1) is 0 Å². The van der Waals surface area contributed by atoms with Gasteiger partial charge in [-0.1, -0.05) is 58.3 Å². The van der Waals surface area contributed by atoms with Gasteiger partial charge in [0.1, 0.15) is 5.38 Å². The summed E-state index contributed by atoms with van der Waals surface area (Å²) >= 11 is 11.9. The van der Waals surface area contributed by atoms with Crippen LogP contribution in [0.5, 0.6) is 0 Å². The van der Waals surface area contributed by atoms with E-state index in [4.69, 9.17) is 23.2 Å². The fourth-order valence-corrected chi connectivity index (χ4v) is 2.35. The van der Waals surface area contributed by atoms with E-state index >= 15 is 0 Å². The van der Waals surface area contributed by atoms with Crippen molar-refractivity contribution in [2.75, 3.05) is 7.11 Å². The van der Waals surface area contributed by atoms with Crippen LogP contribution in [0.15, 0.2) is 0 Å². The number of esters is 1. The van der Waals surface area contributed by atoms with Gasteiger partial charge in [0.2, 0.25) is 0 Å². The maximum absolute atomic E-state index is 11.2. The number of hydrogen-bond acceptors (Lipinski definition) is 2. The molecule has 0 aromatic heterocycles. The predicted octanol–water partition coefficient (Wildman–Crippen LogP) is 4.91. The molecule has 0 saturated carbocycles. The molecule has 108 valence electrons. The van der Waals surface area contributed by atoms with Crippen LogP contribution in [0.3, 0.4) is 0 Å². The Morgan fingerprint density at radius 2 is 1.50 bits per heavy atom. The summed E-state index contributed by atoms with van der Waals surface area (Å²) in [7, 11) is 1.33. The van der Waals surface area contributed by atoms with E-state index in [1.165, 1.54) is 52.1 Å². The van der Waals surface area contributed by atoms with E-state index in [0.717, 1.165) is 12.8 Å². The Kier molecular flexibility index (Phi) is 12.1. The largest absolute Gasteiger partial charge is 0.468 e. The SMILES string of the molecule is CCCCCCCCCC[C@@H](Cl)[C@@H](Cl)C(=O)OC. The molecule has 0 saturated heterocycles. The van der Waals surface area contributed by atoms with Crippen LogP contribution in [0.2, 0.25) is 0 Å². The second-order valence-electron chi connectivity index (χ2n) is 4.70. The first-order chi connectivity index (χ1) is 8.63. The van der Waals surface area contributed by atoms with E-state index in [0.29, 0.717) is 0 Å². The first kappa shape index (κ1) is 18.0. The van der Waals surface area contributed by atoms with Gasteiger partial charge >= 0.3 is 5.97 Å². The predicted molar refractivity (Wildman–Crippen MR) is 78.5 cm³/mol. The van der Waals surface area contributed by atoms with Gasteiger partial charge in [0, 0.05) is 0 Å². The molecular weight excluding hydrogens is 271 g/mol. The molecule has 0 N–H and O–H groups in total. The molecule has 0 aromatic rings. The standard InChI is InChI=1S/C14H26Cl2O2/c1-3-4-5-6-7-8-9-10-11-12(15)13(16)14(17)18-2/h12-13H,3-11H2,1-2H3/t12-,13-/m1/s1. The second-order valence-corrected chi connectivity index (χ2v) is 5.74. The van der Waals surface area contributed by atoms with Crippen molar-refractivity contribution in [3.63, 3.8) is 0 Å². The molecular formula is C14H26Cl2O2. The quantitative estimate of drug-likeness (QED) is 0.308. The lowest BCUT2D eigenvalue weighted by Gasteiger charge is -2.13. The summed E-state index contributed by atoms with van der Waals surface area (Å²) in [6.07, 6.45) is 10.8. The zero-order chi connectivity index (χ0) is 13.8. The molecule has 0 unspecified atom stereocenters. The molecule has 0 fully saturated rings. The summed E-state index contributed by atoms with van der Waals surface area (Å²) in [5, 5.41) is -1.04. The molecule has 0 aromatic carbocycles. The highest BCUT2D eigenvalue weighted by atomic mass is 35.5. The summed E-state index contributed by atoms with van der Waals surface area (Å²) in [6.45, 7) is 2.23. The minimum absolute atomic E-state index is 0.320. The first-order valence-electron chi connectivity index (χ1n) is 6.99. The lowest BCUT2D eigenvalue weighted by atomic mass is 10.1. The third-order valence-electron chi connectivity index (χ3n) is 3.08. The molecule has 0 heterocycles. The number of methoxy groups -OCH3 is 1. The third-order valence-corrected chi connectivity index (χ3v) is 4.16. The van der Waals surface area contributed by atoms with Gasteiger partial charge < -0.3 is 4.74 Å². The van der Waals surface area contributed by atoms with Crippen molar-refractivity contribution in [2.45, 2.75) is 75.5 Å². The van der Waals surface area contributed by atoms with E-state index in [-0.39, 0.29) is 5.38 Å². The van der Waals surface area contributed by atoms with E-state index in [1.807, 2.05) is 0 Å². The highest BCUT2D eigenvalue weighted by Crippen LogP contribution is 2.19. The summed E-state index contributed by atoms with van der Waals surface area (Å²) in [5.74, 6) is -0.434. The fraction of sp³-hybridized carbons (Fsp3) is 0.929. The van der Waals surface area contributed by atoms with Crippen LogP contribution < -0.4 is 0 Å². The Hall–Kier alpha value is 0.0500. The zero-order valence-corrected chi connectivity index (χ0v) is 13.1. The van der Waals surface area contributed by atoms with Crippen molar-refractivity contribution < 1.29 is 9.53 Å². The van der Waals surface area contributed by atoms with E-state index < -0.39 is 11.3 Å². The number of carbonyl (C=O) groups is 1. The average molecular weight is 297 g/mol. The molecule has 0 rings (SSSR count). The smallest absolute Gasteiger partial charge is 0.325 e. The van der Waals surface area contributed by atoms with Gasteiger partial charge in [-0.15, -0.1) is 23.2 Å². The van der Waals surface area contributed by atoms with Gasteiger partial charge in [-0.2, -0.15) is 0 Å². The van der Waals surface area contributed by atoms with Gasteiger partial charge in [0.05, 0.1) is 12.5 Å². The molecule has 0 bridgehead atoms. The van der Waals surface area contributed by atoms with Crippen molar-refractivity contribution in [3.8, 4) is 0 Å². The van der Waals surface area contributed by atoms with Crippen molar-refractivity contribution in [1.29, 1.82) is 0 Å². The maximum Gasteiger partial charge on any atom is 0.325 e. The average Bonchev–Trinajstić information content (AvgIpc) is 2.39. The van der Waals surface area contributed by atoms with Crippen molar-refractivity contribution in [3.05, 3.63) is 0 Å². The van der Waals surface area contributed by atoms with Crippen molar-refractivity contribution >= 4 is 29.2 Å². The molecule has 0 aliphatic rings. The summed E-state index contributed by atoms with van der Waals surface area (Å²) in [5.41, 5.74) is 0. The summed E-state index contributed by atoms with van der Waals surface area (Å²) < 4.78 is 4.56. The normalized spacial score (nSPS) is 14.2. The van der Waals surface area contributed by atoms with Crippen LogP contribution in [-0.4, -0.2) is 23.8 Å². The number of alkyl halides is 2. The Morgan fingerprint density at radius 1 is 1.00 bits per heavy atom. The van der Waals surface area contributed by atoms with Crippen LogP contribution in [0.4, 0.5) is 0 Å². The maximum atomic E-state index is 11.2. The van der Waals surface area contributed by atoms with Crippen LogP contribution in [0.1, 0.15) is 64.7 Å². The van der Waals surface area contributed by atoms with E-state index in [2.05, 4.69) is 11.7 Å². The third kappa shape index (κ3) is 9.04.